The number of hydrogen-bond acceptors (Lipinski definition) is 4. The molecule has 0 aliphatic carbocycles. The second-order valence-electron chi connectivity index (χ2n) is 8.95. The number of rotatable bonds is 7. The van der Waals surface area contributed by atoms with Crippen molar-refractivity contribution in [3.63, 3.8) is 0 Å². The van der Waals surface area contributed by atoms with Gasteiger partial charge in [-0.25, -0.2) is 0 Å². The molecule has 0 fully saturated rings. The van der Waals surface area contributed by atoms with E-state index in [4.69, 9.17) is 17.4 Å². The molecule has 3 aromatic rings. The molecular weight excluding hydrogens is 486 g/mol. The summed E-state index contributed by atoms with van der Waals surface area (Å²) in [6.07, 6.45) is 3.55. The number of halogens is 1. The smallest absolute Gasteiger partial charge is 0.220 e. The van der Waals surface area contributed by atoms with Crippen LogP contribution >= 0.6 is 11.6 Å². The van der Waals surface area contributed by atoms with Gasteiger partial charge in [0, 0.05) is 29.9 Å². The van der Waals surface area contributed by atoms with Gasteiger partial charge >= 0.3 is 0 Å². The Morgan fingerprint density at radius 3 is 2.46 bits per heavy atom. The Morgan fingerprint density at radius 2 is 1.89 bits per heavy atom. The number of nitrogens with zero attached hydrogens (tertiary/aromatic N) is 2. The highest BCUT2D eigenvalue weighted by Crippen LogP contribution is 2.40. The van der Waals surface area contributed by atoms with E-state index in [9.17, 15) is 9.59 Å². The Labute approximate surface area is 226 Å². The normalized spacial score (nSPS) is 15.0. The Kier molecular flexibility index (Phi) is 12.0. The number of carbonyl (C=O) groups is 2. The largest absolute Gasteiger partial charge is 0.356 e. The molecule has 2 heterocycles. The van der Waals surface area contributed by atoms with Crippen molar-refractivity contribution in [2.24, 2.45) is 0 Å². The minimum atomic E-state index is -0.182. The maximum atomic E-state index is 12.3. The van der Waals surface area contributed by atoms with Crippen molar-refractivity contribution in [2.75, 3.05) is 26.0 Å². The van der Waals surface area contributed by atoms with Gasteiger partial charge in [-0.15, -0.1) is 0 Å². The third-order valence-corrected chi connectivity index (χ3v) is 6.86. The highest BCUT2D eigenvalue weighted by Gasteiger charge is 2.35. The van der Waals surface area contributed by atoms with Gasteiger partial charge in [-0.05, 0) is 69.1 Å². The third kappa shape index (κ3) is 7.27. The van der Waals surface area contributed by atoms with Gasteiger partial charge in [0.1, 0.15) is 0 Å². The molecule has 0 radical (unpaired) electrons. The highest BCUT2D eigenvalue weighted by atomic mass is 35.5. The summed E-state index contributed by atoms with van der Waals surface area (Å²) in [7, 11) is 1.91. The van der Waals surface area contributed by atoms with Crippen molar-refractivity contribution in [1.29, 1.82) is 0 Å². The van der Waals surface area contributed by atoms with Crippen LogP contribution in [0.2, 0.25) is 5.02 Å². The minimum Gasteiger partial charge on any atom is -0.356 e. The summed E-state index contributed by atoms with van der Waals surface area (Å²) in [5.41, 5.74) is 5.36. The van der Waals surface area contributed by atoms with Crippen molar-refractivity contribution < 1.29 is 9.59 Å². The first-order valence-corrected chi connectivity index (χ1v) is 13.5. The Bertz CT molecular complexity index is 1160. The number of nitrogen functional groups attached to an aromatic ring is 1. The zero-order valence-corrected chi connectivity index (χ0v) is 23.7. The molecule has 0 spiro atoms. The second-order valence-corrected chi connectivity index (χ2v) is 9.39. The average molecular weight is 528 g/mol. The number of fused-ring (bicyclic) bond motifs is 3. The lowest BCUT2D eigenvalue weighted by atomic mass is 9.92. The quantitative estimate of drug-likeness (QED) is 0.299. The Balaban J connectivity index is 0.000000341. The fourth-order valence-electron chi connectivity index (χ4n) is 4.69. The number of carbonyl (C=O) groups excluding carboxylic acids is 2. The standard InChI is InChI=1S/C20H20ClN3O.C7H16N2O.C2H6/c1-12-3-5-14(6-4-12)19-20-16(9-10-23(19)13(2)25)17-11-15(21)7-8-18(17)24(20)22;1-3-7(9-6-10)4-5-8-2;1-2/h3-8,11,19H,9-10,22H2,1-2H3;6-8H,3-5H2,1-2H3,(H,9,10);1-2H3. The number of hydrogen-bond donors (Lipinski definition) is 3. The summed E-state index contributed by atoms with van der Waals surface area (Å²) in [6.45, 7) is 11.4. The zero-order valence-electron chi connectivity index (χ0n) is 23.0. The summed E-state index contributed by atoms with van der Waals surface area (Å²) in [6, 6.07) is 14.2. The number of nitrogens with two attached hydrogens (primary N) is 1. The second kappa shape index (κ2) is 14.6. The fraction of sp³-hybridized carbons (Fsp3) is 0.448. The van der Waals surface area contributed by atoms with E-state index >= 15 is 0 Å². The van der Waals surface area contributed by atoms with Gasteiger partial charge in [0.25, 0.3) is 0 Å². The molecular formula is C29H42ClN5O2. The van der Waals surface area contributed by atoms with Crippen molar-refractivity contribution in [2.45, 2.75) is 66.0 Å². The van der Waals surface area contributed by atoms with Crippen molar-refractivity contribution >= 4 is 34.8 Å². The Hall–Kier alpha value is -3.03. The number of aromatic nitrogens is 1. The van der Waals surface area contributed by atoms with Gasteiger partial charge in [0.2, 0.25) is 12.3 Å². The van der Waals surface area contributed by atoms with Crippen LogP contribution in [0.3, 0.4) is 0 Å². The van der Waals surface area contributed by atoms with E-state index in [1.165, 1.54) is 11.1 Å². The number of nitrogens with one attached hydrogen (secondary N) is 2. The average Bonchev–Trinajstić information content (AvgIpc) is 3.19. The first-order chi connectivity index (χ1) is 17.8. The van der Waals surface area contributed by atoms with Crippen molar-refractivity contribution in [3.8, 4) is 0 Å². The lowest BCUT2D eigenvalue weighted by Crippen LogP contribution is -2.40. The van der Waals surface area contributed by atoms with E-state index in [1.54, 1.807) is 11.6 Å². The molecule has 7 nitrogen and oxygen atoms in total. The van der Waals surface area contributed by atoms with E-state index in [-0.39, 0.29) is 11.9 Å². The highest BCUT2D eigenvalue weighted by molar-refractivity contribution is 6.31. The molecule has 8 heteroatoms. The first kappa shape index (κ1) is 30.2. The molecule has 4 rings (SSSR count). The molecule has 0 saturated carbocycles. The summed E-state index contributed by atoms with van der Waals surface area (Å²) in [5.74, 6) is 6.52. The summed E-state index contributed by atoms with van der Waals surface area (Å²) in [5, 5.41) is 7.55. The topological polar surface area (TPSA) is 92.4 Å². The van der Waals surface area contributed by atoms with Gasteiger partial charge < -0.3 is 21.4 Å². The monoisotopic (exact) mass is 527 g/mol. The van der Waals surface area contributed by atoms with Crippen LogP contribution in [0.4, 0.5) is 0 Å². The van der Waals surface area contributed by atoms with Crippen LogP contribution in [-0.4, -0.2) is 48.1 Å². The molecule has 2 amide bonds. The van der Waals surface area contributed by atoms with Crippen LogP contribution in [0, 0.1) is 6.92 Å². The van der Waals surface area contributed by atoms with Gasteiger partial charge in [-0.3, -0.25) is 14.3 Å². The molecule has 0 bridgehead atoms. The summed E-state index contributed by atoms with van der Waals surface area (Å²) < 4.78 is 1.72. The summed E-state index contributed by atoms with van der Waals surface area (Å²) >= 11 is 6.21. The van der Waals surface area contributed by atoms with E-state index < -0.39 is 0 Å². The van der Waals surface area contributed by atoms with Gasteiger partial charge in [0.05, 0.1) is 17.3 Å². The van der Waals surface area contributed by atoms with Crippen molar-refractivity contribution in [1.82, 2.24) is 20.2 Å². The first-order valence-electron chi connectivity index (χ1n) is 13.1. The number of amides is 2. The molecule has 37 heavy (non-hydrogen) atoms. The van der Waals surface area contributed by atoms with E-state index in [2.05, 4.69) is 48.7 Å². The molecule has 2 aromatic carbocycles. The molecule has 4 N–H and O–H groups in total. The molecule has 2 atom stereocenters. The SMILES string of the molecule is CC.CC(=O)N1CCc2c(n(N)c3ccc(Cl)cc23)C1c1ccc(C)cc1.CCC(CCNC)NC=O. The molecule has 1 aliphatic heterocycles. The number of benzene rings is 2. The van der Waals surface area contributed by atoms with E-state index in [1.807, 2.05) is 44.0 Å². The maximum Gasteiger partial charge on any atom is 0.220 e. The maximum absolute atomic E-state index is 12.3. The third-order valence-electron chi connectivity index (χ3n) is 6.62. The molecule has 2 unspecified atom stereocenters. The molecule has 202 valence electrons. The van der Waals surface area contributed by atoms with Crippen LogP contribution < -0.4 is 16.5 Å². The minimum absolute atomic E-state index is 0.0551. The zero-order chi connectivity index (χ0) is 27.5. The van der Waals surface area contributed by atoms with Gasteiger partial charge in [-0.1, -0.05) is 62.2 Å². The fourth-order valence-corrected chi connectivity index (χ4v) is 4.86. The predicted molar refractivity (Wildman–Crippen MR) is 154 cm³/mol. The van der Waals surface area contributed by atoms with Gasteiger partial charge in [-0.2, -0.15) is 0 Å². The predicted octanol–water partition coefficient (Wildman–Crippen LogP) is 4.96. The van der Waals surface area contributed by atoms with Crippen LogP contribution in [0.15, 0.2) is 42.5 Å². The van der Waals surface area contributed by atoms with Crippen molar-refractivity contribution in [3.05, 3.63) is 69.9 Å². The van der Waals surface area contributed by atoms with E-state index in [0.717, 1.165) is 54.4 Å². The molecule has 1 aliphatic rings. The Morgan fingerprint density at radius 1 is 1.22 bits per heavy atom. The van der Waals surface area contributed by atoms with Gasteiger partial charge in [0.15, 0.2) is 0 Å². The lowest BCUT2D eigenvalue weighted by molar-refractivity contribution is -0.131. The lowest BCUT2D eigenvalue weighted by Gasteiger charge is -2.36. The molecule has 0 saturated heterocycles. The molecule has 1 aromatic heterocycles. The number of aryl methyl sites for hydroxylation is 1. The van der Waals surface area contributed by atoms with Crippen LogP contribution in [0.1, 0.15) is 69.0 Å². The van der Waals surface area contributed by atoms with E-state index in [0.29, 0.717) is 17.6 Å². The van der Waals surface area contributed by atoms with Crippen LogP contribution in [-0.2, 0) is 16.0 Å². The van der Waals surface area contributed by atoms with Crippen LogP contribution in [0.25, 0.3) is 10.9 Å². The van der Waals surface area contributed by atoms with Crippen LogP contribution in [0.5, 0.6) is 0 Å². The summed E-state index contributed by atoms with van der Waals surface area (Å²) in [4.78, 5) is 24.2.